The molecule has 164 valence electrons. The fourth-order valence-corrected chi connectivity index (χ4v) is 4.36. The van der Waals surface area contributed by atoms with Gasteiger partial charge >= 0.3 is 0 Å². The first-order valence-electron chi connectivity index (χ1n) is 11.4. The van der Waals surface area contributed by atoms with Gasteiger partial charge in [-0.05, 0) is 75.1 Å². The summed E-state index contributed by atoms with van der Waals surface area (Å²) < 4.78 is 0. The minimum Gasteiger partial charge on any atom is -0.256 e. The Hall–Kier alpha value is -3.80. The van der Waals surface area contributed by atoms with Crippen molar-refractivity contribution in [3.8, 4) is 22.3 Å². The molecule has 5 aromatic rings. The summed E-state index contributed by atoms with van der Waals surface area (Å²) >= 11 is 0. The van der Waals surface area contributed by atoms with Gasteiger partial charge in [0.05, 0.1) is 5.69 Å². The minimum absolute atomic E-state index is 0.919. The molecule has 0 spiro atoms. The summed E-state index contributed by atoms with van der Waals surface area (Å²) in [5.74, 6) is 0. The zero-order valence-corrected chi connectivity index (χ0v) is 20.4. The second kappa shape index (κ2) is 9.59. The van der Waals surface area contributed by atoms with Crippen LogP contribution in [0.2, 0.25) is 0 Å². The van der Waals surface area contributed by atoms with E-state index in [0.29, 0.717) is 0 Å². The fourth-order valence-electron chi connectivity index (χ4n) is 4.17. The van der Waals surface area contributed by atoms with E-state index in [1.165, 1.54) is 38.3 Å². The molecule has 34 heavy (non-hydrogen) atoms. The molecule has 0 saturated heterocycles. The molecule has 1 nitrogen and oxygen atoms in total. The zero-order chi connectivity index (χ0) is 23.5. The monoisotopic (exact) mass is 455 g/mol. The first-order chi connectivity index (χ1) is 16.6. The van der Waals surface area contributed by atoms with Crippen LogP contribution in [0.4, 0.5) is 0 Å². The van der Waals surface area contributed by atoms with Gasteiger partial charge < -0.3 is 0 Å². The molecule has 0 bridgehead atoms. The Morgan fingerprint density at radius 2 is 1.38 bits per heavy atom. The molecule has 2 heteroatoms. The van der Waals surface area contributed by atoms with Gasteiger partial charge in [0.25, 0.3) is 0 Å². The second-order valence-electron chi connectivity index (χ2n) is 8.49. The summed E-state index contributed by atoms with van der Waals surface area (Å²) in [6.45, 7) is 6.12. The first-order valence-corrected chi connectivity index (χ1v) is 11.9. The van der Waals surface area contributed by atoms with E-state index in [1.54, 1.807) is 0 Å². The molecule has 1 aromatic heterocycles. The quantitative estimate of drug-likeness (QED) is 0.193. The molecule has 5 rings (SSSR count). The lowest BCUT2D eigenvalue weighted by molar-refractivity contribution is 1.28. The van der Waals surface area contributed by atoms with Crippen molar-refractivity contribution in [1.29, 1.82) is 0 Å². The highest BCUT2D eigenvalue weighted by Gasteiger charge is 2.06. The van der Waals surface area contributed by atoms with Gasteiger partial charge in [-0.2, -0.15) is 0 Å². The molecule has 0 aliphatic carbocycles. The number of aromatic nitrogens is 1. The van der Waals surface area contributed by atoms with Crippen LogP contribution >= 0.6 is 9.24 Å². The Bertz CT molecular complexity index is 1510. The molecule has 1 heterocycles. The van der Waals surface area contributed by atoms with Gasteiger partial charge in [-0.1, -0.05) is 91.5 Å². The van der Waals surface area contributed by atoms with Gasteiger partial charge in [-0.15, -0.1) is 9.24 Å². The van der Waals surface area contributed by atoms with E-state index in [0.717, 1.165) is 22.4 Å². The molecule has 0 amide bonds. The van der Waals surface area contributed by atoms with Crippen molar-refractivity contribution >= 4 is 37.0 Å². The average Bonchev–Trinajstić information content (AvgIpc) is 2.88. The van der Waals surface area contributed by atoms with Crippen LogP contribution in [0.25, 0.3) is 44.7 Å². The summed E-state index contributed by atoms with van der Waals surface area (Å²) in [4.78, 5) is 4.76. The van der Waals surface area contributed by atoms with E-state index in [2.05, 4.69) is 126 Å². The SMILES string of the molecule is C=C/C(=C\c1ccccc1C)c1ccc(-c2ccc3ccc(-c4ccc(P)cc4)cc3c2)cn1. The molecule has 0 radical (unpaired) electrons. The van der Waals surface area contributed by atoms with E-state index in [1.807, 2.05) is 12.3 Å². The number of benzene rings is 4. The second-order valence-corrected chi connectivity index (χ2v) is 9.16. The van der Waals surface area contributed by atoms with Crippen LogP contribution in [0.15, 0.2) is 116 Å². The lowest BCUT2D eigenvalue weighted by atomic mass is 9.98. The number of hydrogen-bond acceptors (Lipinski definition) is 1. The molecule has 0 aliphatic rings. The molecular weight excluding hydrogens is 429 g/mol. The van der Waals surface area contributed by atoms with Crippen molar-refractivity contribution in [2.75, 3.05) is 0 Å². The van der Waals surface area contributed by atoms with Gasteiger partial charge in [0.15, 0.2) is 0 Å². The molecule has 1 unspecified atom stereocenters. The van der Waals surface area contributed by atoms with Crippen LogP contribution in [0, 0.1) is 6.92 Å². The van der Waals surface area contributed by atoms with Crippen molar-refractivity contribution in [1.82, 2.24) is 4.98 Å². The Kier molecular flexibility index (Phi) is 6.21. The maximum atomic E-state index is 4.76. The lowest BCUT2D eigenvalue weighted by Crippen LogP contribution is -1.90. The standard InChI is InChI=1S/C32H26NP/c1-3-23(18-26-7-5-4-6-22(26)2)32-17-14-29(21-33-32)28-11-9-25-8-10-27(19-30(25)20-28)24-12-15-31(34)16-13-24/h3-21H,1,34H2,2H3/b23-18+. The van der Waals surface area contributed by atoms with E-state index in [4.69, 9.17) is 4.98 Å². The summed E-state index contributed by atoms with van der Waals surface area (Å²) in [5, 5.41) is 3.64. The number of aryl methyl sites for hydroxylation is 1. The third-order valence-corrected chi connectivity index (χ3v) is 6.58. The maximum absolute atomic E-state index is 4.76. The molecule has 4 aromatic carbocycles. The number of hydrogen-bond donors (Lipinski definition) is 0. The predicted octanol–water partition coefficient (Wildman–Crippen LogP) is 8.10. The Morgan fingerprint density at radius 3 is 2.03 bits per heavy atom. The summed E-state index contributed by atoms with van der Waals surface area (Å²) in [7, 11) is 2.74. The van der Waals surface area contributed by atoms with Crippen molar-refractivity contribution in [2.24, 2.45) is 0 Å². The van der Waals surface area contributed by atoms with Gasteiger partial charge in [0.1, 0.15) is 0 Å². The lowest BCUT2D eigenvalue weighted by Gasteiger charge is -2.09. The van der Waals surface area contributed by atoms with Crippen LogP contribution < -0.4 is 5.30 Å². The van der Waals surface area contributed by atoms with Crippen LogP contribution in [0.3, 0.4) is 0 Å². The highest BCUT2D eigenvalue weighted by atomic mass is 31.0. The van der Waals surface area contributed by atoms with Crippen molar-refractivity contribution < 1.29 is 0 Å². The van der Waals surface area contributed by atoms with Gasteiger partial charge in [0, 0.05) is 17.3 Å². The molecular formula is C32H26NP. The van der Waals surface area contributed by atoms with Gasteiger partial charge in [-0.25, -0.2) is 0 Å². The minimum atomic E-state index is 0.919. The maximum Gasteiger partial charge on any atom is 0.0702 e. The average molecular weight is 456 g/mol. The molecule has 1 atom stereocenters. The molecule has 0 aliphatic heterocycles. The third-order valence-electron chi connectivity index (χ3n) is 6.20. The largest absolute Gasteiger partial charge is 0.256 e. The highest BCUT2D eigenvalue weighted by Crippen LogP contribution is 2.29. The number of rotatable bonds is 5. The fraction of sp³-hybridized carbons (Fsp3) is 0.0312. The smallest absolute Gasteiger partial charge is 0.0702 e. The van der Waals surface area contributed by atoms with Crippen molar-refractivity contribution in [3.05, 3.63) is 133 Å². The summed E-state index contributed by atoms with van der Waals surface area (Å²) in [6.07, 6.45) is 5.97. The Balaban J connectivity index is 1.47. The Labute approximate surface area is 203 Å². The van der Waals surface area contributed by atoms with Crippen LogP contribution in [-0.2, 0) is 0 Å². The number of pyridine rings is 1. The topological polar surface area (TPSA) is 12.9 Å². The first kappa shape index (κ1) is 22.0. The highest BCUT2D eigenvalue weighted by molar-refractivity contribution is 7.27. The zero-order valence-electron chi connectivity index (χ0n) is 19.2. The predicted molar refractivity (Wildman–Crippen MR) is 151 cm³/mol. The number of allylic oxidation sites excluding steroid dienone is 2. The van der Waals surface area contributed by atoms with Crippen molar-refractivity contribution in [3.63, 3.8) is 0 Å². The molecule has 0 fully saturated rings. The van der Waals surface area contributed by atoms with Crippen molar-refractivity contribution in [2.45, 2.75) is 6.92 Å². The summed E-state index contributed by atoms with van der Waals surface area (Å²) in [6, 6.07) is 34.4. The van der Waals surface area contributed by atoms with E-state index < -0.39 is 0 Å². The van der Waals surface area contributed by atoms with Gasteiger partial charge in [-0.3, -0.25) is 4.98 Å². The normalized spacial score (nSPS) is 11.5. The third kappa shape index (κ3) is 4.62. The molecule has 0 saturated carbocycles. The van der Waals surface area contributed by atoms with E-state index in [9.17, 15) is 0 Å². The van der Waals surface area contributed by atoms with E-state index >= 15 is 0 Å². The van der Waals surface area contributed by atoms with Crippen LogP contribution in [-0.4, -0.2) is 4.98 Å². The van der Waals surface area contributed by atoms with Crippen LogP contribution in [0.1, 0.15) is 16.8 Å². The van der Waals surface area contributed by atoms with Crippen LogP contribution in [0.5, 0.6) is 0 Å². The summed E-state index contributed by atoms with van der Waals surface area (Å²) in [5.41, 5.74) is 9.05. The Morgan fingerprint density at radius 1 is 0.735 bits per heavy atom. The van der Waals surface area contributed by atoms with E-state index in [-0.39, 0.29) is 0 Å². The number of fused-ring (bicyclic) bond motifs is 1. The van der Waals surface area contributed by atoms with Gasteiger partial charge in [0.2, 0.25) is 0 Å². The molecule has 0 N–H and O–H groups in total. The number of nitrogens with zero attached hydrogens (tertiary/aromatic N) is 1.